The van der Waals surface area contributed by atoms with Gasteiger partial charge in [-0.15, -0.1) is 0 Å². The molecule has 4 nitrogen and oxygen atoms in total. The van der Waals surface area contributed by atoms with Crippen LogP contribution in [0.3, 0.4) is 0 Å². The lowest BCUT2D eigenvalue weighted by atomic mass is 10.2. The molecule has 0 N–H and O–H groups in total. The molecule has 5 heteroatoms. The number of ether oxygens (including phenoxy) is 1. The zero-order valence-corrected chi connectivity index (χ0v) is 8.24. The third-order valence-corrected chi connectivity index (χ3v) is 1.51. The van der Waals surface area contributed by atoms with Gasteiger partial charge in [0.25, 0.3) is 0 Å². The van der Waals surface area contributed by atoms with E-state index in [2.05, 4.69) is 9.97 Å². The Morgan fingerprint density at radius 3 is 2.71 bits per heavy atom. The molecule has 0 aliphatic heterocycles. The molecule has 0 fully saturated rings. The standard InChI is InChI=1S/C9H11FN2O2/c1-5(2)14-8(13)7-4-11-9(10)12-6(7)3/h4-5H,1-3H3. The summed E-state index contributed by atoms with van der Waals surface area (Å²) >= 11 is 0. The molecule has 76 valence electrons. The fraction of sp³-hybridized carbons (Fsp3) is 0.444. The maximum atomic E-state index is 12.5. The number of carbonyl (C=O) groups excluding carboxylic acids is 1. The van der Waals surface area contributed by atoms with Gasteiger partial charge in [0.2, 0.25) is 0 Å². The van der Waals surface area contributed by atoms with Crippen LogP contribution in [0.4, 0.5) is 4.39 Å². The van der Waals surface area contributed by atoms with Crippen LogP contribution in [0.5, 0.6) is 0 Å². The lowest BCUT2D eigenvalue weighted by Gasteiger charge is -2.08. The highest BCUT2D eigenvalue weighted by atomic mass is 19.1. The van der Waals surface area contributed by atoms with Crippen LogP contribution in [0.15, 0.2) is 6.20 Å². The van der Waals surface area contributed by atoms with E-state index in [-0.39, 0.29) is 17.4 Å². The molecular weight excluding hydrogens is 187 g/mol. The fourth-order valence-electron chi connectivity index (χ4n) is 0.917. The minimum absolute atomic E-state index is 0.195. The number of carbonyl (C=O) groups is 1. The maximum absolute atomic E-state index is 12.5. The minimum atomic E-state index is -0.844. The van der Waals surface area contributed by atoms with Crippen LogP contribution < -0.4 is 0 Å². The average Bonchev–Trinajstić information content (AvgIpc) is 2.01. The Labute approximate surface area is 81.1 Å². The molecule has 1 rings (SSSR count). The predicted octanol–water partition coefficient (Wildman–Crippen LogP) is 1.49. The van der Waals surface area contributed by atoms with Gasteiger partial charge in [0, 0.05) is 6.20 Å². The zero-order valence-electron chi connectivity index (χ0n) is 8.24. The number of hydrogen-bond acceptors (Lipinski definition) is 4. The number of hydrogen-bond donors (Lipinski definition) is 0. The monoisotopic (exact) mass is 198 g/mol. The molecule has 1 heterocycles. The van der Waals surface area contributed by atoms with Crippen molar-refractivity contribution >= 4 is 5.97 Å². The third kappa shape index (κ3) is 2.48. The third-order valence-electron chi connectivity index (χ3n) is 1.51. The summed E-state index contributed by atoms with van der Waals surface area (Å²) in [6.45, 7) is 5.00. The van der Waals surface area contributed by atoms with Crippen molar-refractivity contribution in [2.24, 2.45) is 0 Å². The lowest BCUT2D eigenvalue weighted by Crippen LogP contribution is -2.14. The number of rotatable bonds is 2. The van der Waals surface area contributed by atoms with Crippen molar-refractivity contribution in [1.82, 2.24) is 9.97 Å². The van der Waals surface area contributed by atoms with Crippen molar-refractivity contribution in [2.75, 3.05) is 0 Å². The Bertz CT molecular complexity index is 353. The second kappa shape index (κ2) is 4.13. The van der Waals surface area contributed by atoms with Crippen LogP contribution in [0, 0.1) is 13.0 Å². The lowest BCUT2D eigenvalue weighted by molar-refractivity contribution is 0.0375. The van der Waals surface area contributed by atoms with Gasteiger partial charge in [-0.25, -0.2) is 14.8 Å². The Kier molecular flexibility index (Phi) is 3.11. The first kappa shape index (κ1) is 10.6. The van der Waals surface area contributed by atoms with E-state index in [0.29, 0.717) is 0 Å². The van der Waals surface area contributed by atoms with E-state index >= 15 is 0 Å². The predicted molar refractivity (Wildman–Crippen MR) is 47.3 cm³/mol. The van der Waals surface area contributed by atoms with Gasteiger partial charge in [0.15, 0.2) is 0 Å². The molecule has 1 aromatic heterocycles. The number of esters is 1. The van der Waals surface area contributed by atoms with Gasteiger partial charge in [-0.3, -0.25) is 0 Å². The summed E-state index contributed by atoms with van der Waals surface area (Å²) in [7, 11) is 0. The summed E-state index contributed by atoms with van der Waals surface area (Å²) in [6.07, 6.45) is 0.0677. The van der Waals surface area contributed by atoms with E-state index in [1.54, 1.807) is 13.8 Å². The van der Waals surface area contributed by atoms with Crippen LogP contribution >= 0.6 is 0 Å². The van der Waals surface area contributed by atoms with Crippen LogP contribution in [-0.4, -0.2) is 22.0 Å². The van der Waals surface area contributed by atoms with E-state index in [1.807, 2.05) is 0 Å². The number of aryl methyl sites for hydroxylation is 1. The minimum Gasteiger partial charge on any atom is -0.459 e. The molecule has 0 radical (unpaired) electrons. The zero-order chi connectivity index (χ0) is 10.7. The summed E-state index contributed by atoms with van der Waals surface area (Å²) in [6, 6.07) is 0. The maximum Gasteiger partial charge on any atom is 0.341 e. The molecule has 0 aliphatic rings. The van der Waals surface area contributed by atoms with Gasteiger partial charge in [-0.1, -0.05) is 0 Å². The Morgan fingerprint density at radius 2 is 2.21 bits per heavy atom. The van der Waals surface area contributed by atoms with Crippen LogP contribution in [0.1, 0.15) is 29.9 Å². The summed E-state index contributed by atoms with van der Waals surface area (Å²) in [4.78, 5) is 18.1. The molecule has 14 heavy (non-hydrogen) atoms. The van der Waals surface area contributed by atoms with Gasteiger partial charge in [-0.05, 0) is 20.8 Å². The second-order valence-corrected chi connectivity index (χ2v) is 3.09. The van der Waals surface area contributed by atoms with E-state index in [9.17, 15) is 9.18 Å². The summed E-state index contributed by atoms with van der Waals surface area (Å²) in [5, 5.41) is 0. The van der Waals surface area contributed by atoms with E-state index < -0.39 is 12.0 Å². The number of aromatic nitrogens is 2. The largest absolute Gasteiger partial charge is 0.459 e. The van der Waals surface area contributed by atoms with Crippen LogP contribution in [-0.2, 0) is 4.74 Å². The summed E-state index contributed by atoms with van der Waals surface area (Å²) in [5.74, 6) is -0.530. The van der Waals surface area contributed by atoms with Crippen LogP contribution in [0.25, 0.3) is 0 Å². The summed E-state index contributed by atoms with van der Waals surface area (Å²) in [5.41, 5.74) is 0.475. The van der Waals surface area contributed by atoms with Gasteiger partial charge in [0.1, 0.15) is 0 Å². The first-order valence-corrected chi connectivity index (χ1v) is 4.21. The molecule has 0 saturated carbocycles. The topological polar surface area (TPSA) is 52.1 Å². The summed E-state index contributed by atoms with van der Waals surface area (Å²) < 4.78 is 17.4. The van der Waals surface area contributed by atoms with Crippen molar-refractivity contribution in [3.63, 3.8) is 0 Å². The van der Waals surface area contributed by atoms with Crippen molar-refractivity contribution in [2.45, 2.75) is 26.9 Å². The smallest absolute Gasteiger partial charge is 0.341 e. The molecule has 0 aliphatic carbocycles. The molecule has 0 atom stereocenters. The molecule has 0 spiro atoms. The normalized spacial score (nSPS) is 10.4. The number of nitrogens with zero attached hydrogens (tertiary/aromatic N) is 2. The SMILES string of the molecule is Cc1nc(F)ncc1C(=O)OC(C)C. The number of halogens is 1. The van der Waals surface area contributed by atoms with E-state index in [4.69, 9.17) is 4.74 Å². The molecule has 0 bridgehead atoms. The molecule has 0 aromatic carbocycles. The van der Waals surface area contributed by atoms with Gasteiger partial charge >= 0.3 is 12.0 Å². The van der Waals surface area contributed by atoms with Crippen molar-refractivity contribution in [3.8, 4) is 0 Å². The van der Waals surface area contributed by atoms with Crippen molar-refractivity contribution < 1.29 is 13.9 Å². The molecular formula is C9H11FN2O2. The molecule has 0 amide bonds. The Balaban J connectivity index is 2.90. The first-order valence-electron chi connectivity index (χ1n) is 4.21. The molecule has 0 unspecified atom stereocenters. The van der Waals surface area contributed by atoms with Crippen molar-refractivity contribution in [1.29, 1.82) is 0 Å². The van der Waals surface area contributed by atoms with Gasteiger partial charge < -0.3 is 4.74 Å². The van der Waals surface area contributed by atoms with Crippen molar-refractivity contribution in [3.05, 3.63) is 23.5 Å². The highest BCUT2D eigenvalue weighted by molar-refractivity contribution is 5.90. The quantitative estimate of drug-likeness (QED) is 0.533. The Hall–Kier alpha value is -1.52. The first-order chi connectivity index (χ1) is 6.50. The van der Waals surface area contributed by atoms with Gasteiger partial charge in [-0.2, -0.15) is 4.39 Å². The van der Waals surface area contributed by atoms with E-state index in [1.165, 1.54) is 6.92 Å². The van der Waals surface area contributed by atoms with E-state index in [0.717, 1.165) is 6.20 Å². The molecule has 1 aromatic rings. The second-order valence-electron chi connectivity index (χ2n) is 3.09. The fourth-order valence-corrected chi connectivity index (χ4v) is 0.917. The Morgan fingerprint density at radius 1 is 1.57 bits per heavy atom. The molecule has 0 saturated heterocycles. The highest BCUT2D eigenvalue weighted by Gasteiger charge is 2.14. The van der Waals surface area contributed by atoms with Gasteiger partial charge in [0.05, 0.1) is 17.4 Å². The van der Waals surface area contributed by atoms with Crippen LogP contribution in [0.2, 0.25) is 0 Å². The highest BCUT2D eigenvalue weighted by Crippen LogP contribution is 2.06. The average molecular weight is 198 g/mol.